The van der Waals surface area contributed by atoms with Gasteiger partial charge in [-0.1, -0.05) is 48.5 Å². The van der Waals surface area contributed by atoms with E-state index in [9.17, 15) is 13.2 Å². The number of benzene rings is 2. The molecule has 0 spiro atoms. The molecule has 0 saturated carbocycles. The fourth-order valence-corrected chi connectivity index (χ4v) is 5.95. The summed E-state index contributed by atoms with van der Waals surface area (Å²) in [5, 5.41) is 4.02. The van der Waals surface area contributed by atoms with E-state index < -0.39 is 15.4 Å². The van der Waals surface area contributed by atoms with Gasteiger partial charge in [0, 0.05) is 16.6 Å². The Labute approximate surface area is 158 Å². The maximum absolute atomic E-state index is 12.8. The zero-order chi connectivity index (χ0) is 19.1. The van der Waals surface area contributed by atoms with Crippen molar-refractivity contribution < 1.29 is 13.2 Å². The van der Waals surface area contributed by atoms with E-state index in [1.54, 1.807) is 6.92 Å². The molecule has 1 amide bonds. The third-order valence-corrected chi connectivity index (χ3v) is 7.03. The Morgan fingerprint density at radius 2 is 1.81 bits per heavy atom. The van der Waals surface area contributed by atoms with Crippen molar-refractivity contribution in [3.05, 3.63) is 60.7 Å². The van der Waals surface area contributed by atoms with E-state index in [4.69, 9.17) is 0 Å². The average Bonchev–Trinajstić information content (AvgIpc) is 3.12. The van der Waals surface area contributed by atoms with Crippen LogP contribution >= 0.6 is 0 Å². The zero-order valence-electron chi connectivity index (χ0n) is 15.2. The molecule has 1 N–H and O–H groups in total. The van der Waals surface area contributed by atoms with Gasteiger partial charge >= 0.3 is 0 Å². The van der Waals surface area contributed by atoms with E-state index >= 15 is 0 Å². The lowest BCUT2D eigenvalue weighted by molar-refractivity contribution is -0.123. The molecule has 4 rings (SSSR count). The van der Waals surface area contributed by atoms with E-state index in [-0.39, 0.29) is 24.0 Å². The number of amides is 1. The van der Waals surface area contributed by atoms with Gasteiger partial charge in [-0.15, -0.1) is 0 Å². The maximum Gasteiger partial charge on any atom is 0.240 e. The van der Waals surface area contributed by atoms with Crippen molar-refractivity contribution in [2.45, 2.75) is 25.4 Å². The lowest BCUT2D eigenvalue weighted by Gasteiger charge is -2.24. The molecule has 1 aromatic heterocycles. The zero-order valence-corrected chi connectivity index (χ0v) is 16.0. The van der Waals surface area contributed by atoms with Crippen LogP contribution < -0.4 is 5.32 Å². The Kier molecular flexibility index (Phi) is 4.30. The predicted octanol–water partition coefficient (Wildman–Crippen LogP) is 3.00. The number of aromatic nitrogens is 1. The Hall–Kier alpha value is -2.60. The first-order valence-electron chi connectivity index (χ1n) is 9.00. The third kappa shape index (κ3) is 3.62. The smallest absolute Gasteiger partial charge is 0.240 e. The van der Waals surface area contributed by atoms with Gasteiger partial charge in [0.25, 0.3) is 0 Å². The van der Waals surface area contributed by atoms with Crippen LogP contribution in [0.15, 0.2) is 60.7 Å². The van der Waals surface area contributed by atoms with Gasteiger partial charge in [0.1, 0.15) is 6.54 Å². The Balaban J connectivity index is 1.66. The van der Waals surface area contributed by atoms with Gasteiger partial charge in [-0.25, -0.2) is 8.42 Å². The molecular formula is C21H22N2O3S. The number of para-hydroxylation sites is 1. The fraction of sp³-hybridized carbons (Fsp3) is 0.286. The van der Waals surface area contributed by atoms with Gasteiger partial charge in [0.05, 0.1) is 17.0 Å². The SMILES string of the molecule is CC1(NC(=O)Cn2c(-c3ccccc3)cc3ccccc32)CCS(=O)(=O)C1. The molecule has 2 heterocycles. The number of fused-ring (bicyclic) bond motifs is 1. The summed E-state index contributed by atoms with van der Waals surface area (Å²) in [6.07, 6.45) is 0.457. The summed E-state index contributed by atoms with van der Waals surface area (Å²) in [5.41, 5.74) is 2.30. The van der Waals surface area contributed by atoms with Gasteiger partial charge < -0.3 is 9.88 Å². The molecule has 27 heavy (non-hydrogen) atoms. The topological polar surface area (TPSA) is 68.2 Å². The predicted molar refractivity (Wildman–Crippen MR) is 107 cm³/mol. The molecule has 2 aromatic carbocycles. The molecule has 140 valence electrons. The minimum absolute atomic E-state index is 0.00368. The van der Waals surface area contributed by atoms with Gasteiger partial charge in [0.15, 0.2) is 9.84 Å². The second kappa shape index (κ2) is 6.53. The summed E-state index contributed by atoms with van der Waals surface area (Å²) in [5.74, 6) is -0.0389. The van der Waals surface area contributed by atoms with Crippen molar-refractivity contribution in [2.24, 2.45) is 0 Å². The van der Waals surface area contributed by atoms with E-state index in [1.807, 2.05) is 59.2 Å². The number of carbonyl (C=O) groups excluding carboxylic acids is 1. The first kappa shape index (κ1) is 17.8. The minimum Gasteiger partial charge on any atom is -0.348 e. The molecule has 0 aliphatic carbocycles. The number of hydrogen-bond acceptors (Lipinski definition) is 3. The molecule has 1 aliphatic heterocycles. The summed E-state index contributed by atoms with van der Waals surface area (Å²) in [7, 11) is -3.07. The Morgan fingerprint density at radius 1 is 1.11 bits per heavy atom. The van der Waals surface area contributed by atoms with Crippen LogP contribution in [0.25, 0.3) is 22.2 Å². The first-order chi connectivity index (χ1) is 12.9. The van der Waals surface area contributed by atoms with Crippen LogP contribution in [0.2, 0.25) is 0 Å². The summed E-state index contributed by atoms with van der Waals surface area (Å²) >= 11 is 0. The molecular weight excluding hydrogens is 360 g/mol. The molecule has 1 aliphatic rings. The Bertz CT molecular complexity index is 1100. The van der Waals surface area contributed by atoms with Crippen LogP contribution in [-0.4, -0.2) is 35.9 Å². The van der Waals surface area contributed by atoms with Crippen LogP contribution in [0.3, 0.4) is 0 Å². The highest BCUT2D eigenvalue weighted by molar-refractivity contribution is 7.91. The number of hydrogen-bond donors (Lipinski definition) is 1. The number of nitrogens with one attached hydrogen (secondary N) is 1. The van der Waals surface area contributed by atoms with Crippen LogP contribution in [0.1, 0.15) is 13.3 Å². The van der Waals surface area contributed by atoms with E-state index in [2.05, 4.69) is 11.4 Å². The highest BCUT2D eigenvalue weighted by Gasteiger charge is 2.39. The summed E-state index contributed by atoms with van der Waals surface area (Å²) in [6.45, 7) is 1.95. The summed E-state index contributed by atoms with van der Waals surface area (Å²) in [6, 6.07) is 20.0. The Morgan fingerprint density at radius 3 is 2.52 bits per heavy atom. The summed E-state index contributed by atoms with van der Waals surface area (Å²) in [4.78, 5) is 12.8. The quantitative estimate of drug-likeness (QED) is 0.754. The molecule has 0 radical (unpaired) electrons. The minimum atomic E-state index is -3.07. The number of sulfone groups is 1. The molecule has 6 heteroatoms. The largest absolute Gasteiger partial charge is 0.348 e. The van der Waals surface area contributed by atoms with E-state index in [0.717, 1.165) is 22.2 Å². The lowest BCUT2D eigenvalue weighted by Crippen LogP contribution is -2.48. The van der Waals surface area contributed by atoms with E-state index in [1.165, 1.54) is 0 Å². The number of rotatable bonds is 4. The molecule has 1 fully saturated rings. The average molecular weight is 382 g/mol. The van der Waals surface area contributed by atoms with Crippen molar-refractivity contribution in [1.82, 2.24) is 9.88 Å². The van der Waals surface area contributed by atoms with Gasteiger partial charge in [-0.3, -0.25) is 4.79 Å². The maximum atomic E-state index is 12.8. The number of nitrogens with zero attached hydrogens (tertiary/aromatic N) is 1. The molecule has 5 nitrogen and oxygen atoms in total. The molecule has 1 atom stereocenters. The van der Waals surface area contributed by atoms with Crippen molar-refractivity contribution in [2.75, 3.05) is 11.5 Å². The van der Waals surface area contributed by atoms with Gasteiger partial charge in [0.2, 0.25) is 5.91 Å². The normalized spacial score (nSPS) is 21.4. The van der Waals surface area contributed by atoms with E-state index in [0.29, 0.717) is 6.42 Å². The van der Waals surface area contributed by atoms with Crippen molar-refractivity contribution in [3.8, 4) is 11.3 Å². The monoisotopic (exact) mass is 382 g/mol. The van der Waals surface area contributed by atoms with Crippen molar-refractivity contribution in [3.63, 3.8) is 0 Å². The van der Waals surface area contributed by atoms with Crippen LogP contribution in [0, 0.1) is 0 Å². The second-order valence-corrected chi connectivity index (χ2v) is 9.68. The highest BCUT2D eigenvalue weighted by Crippen LogP contribution is 2.28. The van der Waals surface area contributed by atoms with Gasteiger partial charge in [-0.05, 0) is 31.0 Å². The van der Waals surface area contributed by atoms with Crippen molar-refractivity contribution in [1.29, 1.82) is 0 Å². The second-order valence-electron chi connectivity index (χ2n) is 7.49. The molecule has 0 bridgehead atoms. The lowest BCUT2D eigenvalue weighted by atomic mass is 10.0. The molecule has 1 unspecified atom stereocenters. The summed E-state index contributed by atoms with van der Waals surface area (Å²) < 4.78 is 25.6. The van der Waals surface area contributed by atoms with Crippen LogP contribution in [-0.2, 0) is 21.2 Å². The highest BCUT2D eigenvalue weighted by atomic mass is 32.2. The van der Waals surface area contributed by atoms with Crippen LogP contribution in [0.4, 0.5) is 0 Å². The first-order valence-corrected chi connectivity index (χ1v) is 10.8. The van der Waals surface area contributed by atoms with Crippen LogP contribution in [0.5, 0.6) is 0 Å². The third-order valence-electron chi connectivity index (χ3n) is 5.13. The molecule has 1 saturated heterocycles. The van der Waals surface area contributed by atoms with Gasteiger partial charge in [-0.2, -0.15) is 0 Å². The molecule has 3 aromatic rings. The number of carbonyl (C=O) groups is 1. The van der Waals surface area contributed by atoms with Crippen molar-refractivity contribution >= 4 is 26.6 Å². The fourth-order valence-electron chi connectivity index (χ4n) is 3.86. The standard InChI is InChI=1S/C21H22N2O3S/c1-21(11-12-27(25,26)15-21)22-20(24)14-23-18-10-6-5-9-17(18)13-19(23)16-7-3-2-4-8-16/h2-10,13H,11-12,14-15H2,1H3,(H,22,24).